The van der Waals surface area contributed by atoms with Crippen molar-refractivity contribution < 1.29 is 4.79 Å². The number of nitrogens with one attached hydrogen (secondary N) is 2. The van der Waals surface area contributed by atoms with Crippen LogP contribution in [0, 0.1) is 11.3 Å². The van der Waals surface area contributed by atoms with E-state index >= 15 is 0 Å². The number of carbonyl (C=O) groups is 1. The van der Waals surface area contributed by atoms with Gasteiger partial charge < -0.3 is 10.3 Å². The highest BCUT2D eigenvalue weighted by Crippen LogP contribution is 2.36. The van der Waals surface area contributed by atoms with Gasteiger partial charge in [-0.2, -0.15) is 5.26 Å². The number of aromatic nitrogens is 2. The Morgan fingerprint density at radius 2 is 1.94 bits per heavy atom. The van der Waals surface area contributed by atoms with E-state index in [-0.39, 0.29) is 5.78 Å². The molecule has 6 heteroatoms. The van der Waals surface area contributed by atoms with Crippen molar-refractivity contribution in [2.75, 3.05) is 5.32 Å². The first-order valence-corrected chi connectivity index (χ1v) is 10.9. The molecule has 32 heavy (non-hydrogen) atoms. The van der Waals surface area contributed by atoms with E-state index in [1.165, 1.54) is 11.3 Å². The van der Waals surface area contributed by atoms with Crippen molar-refractivity contribution in [1.29, 1.82) is 5.26 Å². The number of H-pyrrole nitrogens is 1. The van der Waals surface area contributed by atoms with Crippen LogP contribution < -0.4 is 5.32 Å². The zero-order valence-electron chi connectivity index (χ0n) is 17.2. The molecule has 0 aliphatic heterocycles. The number of nitriles is 1. The molecule has 0 aliphatic rings. The van der Waals surface area contributed by atoms with Crippen LogP contribution in [0.1, 0.15) is 22.2 Å². The van der Waals surface area contributed by atoms with Gasteiger partial charge in [-0.1, -0.05) is 18.2 Å². The maximum absolute atomic E-state index is 11.7. The van der Waals surface area contributed by atoms with Crippen LogP contribution in [0.5, 0.6) is 0 Å². The van der Waals surface area contributed by atoms with E-state index in [0.717, 1.165) is 43.0 Å². The normalized spacial score (nSPS) is 10.8. The van der Waals surface area contributed by atoms with Gasteiger partial charge in [0.2, 0.25) is 0 Å². The van der Waals surface area contributed by atoms with Crippen LogP contribution in [0.4, 0.5) is 11.4 Å². The Bertz CT molecular complexity index is 1510. The van der Waals surface area contributed by atoms with Gasteiger partial charge in [-0.15, -0.1) is 11.3 Å². The number of aromatic amines is 1. The Kier molecular flexibility index (Phi) is 5.02. The van der Waals surface area contributed by atoms with Gasteiger partial charge in [0.25, 0.3) is 0 Å². The molecule has 5 rings (SSSR count). The number of nitrogens with zero attached hydrogens (tertiary/aromatic N) is 2. The molecule has 3 aromatic heterocycles. The van der Waals surface area contributed by atoms with Crippen molar-refractivity contribution in [1.82, 2.24) is 9.97 Å². The van der Waals surface area contributed by atoms with Crippen molar-refractivity contribution in [3.63, 3.8) is 0 Å². The monoisotopic (exact) mass is 434 g/mol. The number of Topliss-reactive ketones (excluding diaryl/α,β-unsaturated/α-hetero) is 1. The molecule has 0 amide bonds. The standard InChI is InChI=1S/C26H18N4OS/c1-16(31)24-7-8-25(32-24)19-4-2-3-17(11-19)22-15-28-14-20(13-27)26(22)30-21-5-6-23-18(12-21)9-10-29-23/h2-12,14-15,29H,1H3,(H,28,30). The molecule has 5 aromatic rings. The number of anilines is 2. The lowest BCUT2D eigenvalue weighted by atomic mass is 10.0. The Balaban J connectivity index is 1.58. The predicted molar refractivity (Wildman–Crippen MR) is 129 cm³/mol. The summed E-state index contributed by atoms with van der Waals surface area (Å²) in [6, 6.07) is 22.2. The minimum absolute atomic E-state index is 0.0641. The maximum Gasteiger partial charge on any atom is 0.169 e. The van der Waals surface area contributed by atoms with E-state index in [0.29, 0.717) is 11.3 Å². The number of fused-ring (bicyclic) bond motifs is 1. The molecule has 0 saturated heterocycles. The molecular weight excluding hydrogens is 416 g/mol. The third-order valence-electron chi connectivity index (χ3n) is 5.30. The minimum atomic E-state index is 0.0641. The van der Waals surface area contributed by atoms with Gasteiger partial charge in [0.05, 0.1) is 16.1 Å². The predicted octanol–water partition coefficient (Wildman–Crippen LogP) is 6.78. The average molecular weight is 435 g/mol. The molecule has 0 fully saturated rings. The highest BCUT2D eigenvalue weighted by molar-refractivity contribution is 7.17. The Hall–Kier alpha value is -4.21. The summed E-state index contributed by atoms with van der Waals surface area (Å²) in [5, 5.41) is 14.2. The fraction of sp³-hybridized carbons (Fsp3) is 0.0385. The highest BCUT2D eigenvalue weighted by Gasteiger charge is 2.14. The van der Waals surface area contributed by atoms with Crippen LogP contribution in [0.15, 0.2) is 79.3 Å². The Labute approximate surface area is 189 Å². The van der Waals surface area contributed by atoms with Crippen molar-refractivity contribution in [3.05, 3.63) is 89.7 Å². The van der Waals surface area contributed by atoms with E-state index < -0.39 is 0 Å². The summed E-state index contributed by atoms with van der Waals surface area (Å²) < 4.78 is 0. The van der Waals surface area contributed by atoms with Crippen LogP contribution in [-0.4, -0.2) is 15.8 Å². The summed E-state index contributed by atoms with van der Waals surface area (Å²) in [6.07, 6.45) is 5.25. The van der Waals surface area contributed by atoms with Crippen molar-refractivity contribution >= 4 is 39.4 Å². The first kappa shape index (κ1) is 19.7. The number of pyridine rings is 1. The smallest absolute Gasteiger partial charge is 0.169 e. The van der Waals surface area contributed by atoms with Gasteiger partial charge in [-0.3, -0.25) is 9.78 Å². The van der Waals surface area contributed by atoms with Crippen molar-refractivity contribution in [2.45, 2.75) is 6.92 Å². The SMILES string of the molecule is CC(=O)c1ccc(-c2cccc(-c3cncc(C#N)c3Nc3ccc4[nH]ccc4c3)c2)s1. The number of ketones is 1. The molecule has 2 aromatic carbocycles. The fourth-order valence-electron chi connectivity index (χ4n) is 3.70. The van der Waals surface area contributed by atoms with Crippen LogP contribution in [0.25, 0.3) is 32.5 Å². The van der Waals surface area contributed by atoms with Gasteiger partial charge in [0, 0.05) is 45.6 Å². The summed E-state index contributed by atoms with van der Waals surface area (Å²) in [4.78, 5) is 20.9. The van der Waals surface area contributed by atoms with Gasteiger partial charge >= 0.3 is 0 Å². The number of benzene rings is 2. The van der Waals surface area contributed by atoms with Gasteiger partial charge in [-0.05, 0) is 60.5 Å². The maximum atomic E-state index is 11.7. The van der Waals surface area contributed by atoms with E-state index in [4.69, 9.17) is 0 Å². The van der Waals surface area contributed by atoms with Gasteiger partial charge in [0.15, 0.2) is 5.78 Å². The molecule has 0 atom stereocenters. The molecule has 0 saturated carbocycles. The van der Waals surface area contributed by atoms with Crippen molar-refractivity contribution in [3.8, 4) is 27.6 Å². The van der Waals surface area contributed by atoms with E-state index in [2.05, 4.69) is 27.4 Å². The van der Waals surface area contributed by atoms with E-state index in [1.807, 2.05) is 60.8 Å². The topological polar surface area (TPSA) is 81.6 Å². The molecule has 154 valence electrons. The van der Waals surface area contributed by atoms with Crippen LogP contribution in [0.2, 0.25) is 0 Å². The number of hydrogen-bond acceptors (Lipinski definition) is 5. The molecule has 0 spiro atoms. The fourth-order valence-corrected chi connectivity index (χ4v) is 4.59. The van der Waals surface area contributed by atoms with Crippen LogP contribution >= 0.6 is 11.3 Å². The molecule has 0 aliphatic carbocycles. The van der Waals surface area contributed by atoms with Crippen molar-refractivity contribution in [2.24, 2.45) is 0 Å². The number of thiophene rings is 1. The third kappa shape index (κ3) is 3.66. The molecule has 5 nitrogen and oxygen atoms in total. The Morgan fingerprint density at radius 1 is 1.06 bits per heavy atom. The largest absolute Gasteiger partial charge is 0.361 e. The molecule has 0 radical (unpaired) electrons. The first-order valence-electron chi connectivity index (χ1n) is 10.1. The second-order valence-electron chi connectivity index (χ2n) is 7.43. The molecule has 0 unspecified atom stereocenters. The molecule has 2 N–H and O–H groups in total. The zero-order valence-corrected chi connectivity index (χ0v) is 18.0. The second kappa shape index (κ2) is 8.14. The quantitative estimate of drug-likeness (QED) is 0.299. The third-order valence-corrected chi connectivity index (χ3v) is 6.54. The number of carbonyl (C=O) groups excluding carboxylic acids is 1. The van der Waals surface area contributed by atoms with Crippen LogP contribution in [-0.2, 0) is 0 Å². The minimum Gasteiger partial charge on any atom is -0.361 e. The number of hydrogen-bond donors (Lipinski definition) is 2. The highest BCUT2D eigenvalue weighted by atomic mass is 32.1. The zero-order chi connectivity index (χ0) is 22.1. The summed E-state index contributed by atoms with van der Waals surface area (Å²) >= 11 is 1.48. The molecule has 0 bridgehead atoms. The summed E-state index contributed by atoms with van der Waals surface area (Å²) in [6.45, 7) is 1.58. The average Bonchev–Trinajstić information content (AvgIpc) is 3.49. The lowest BCUT2D eigenvalue weighted by Gasteiger charge is -2.14. The van der Waals surface area contributed by atoms with Gasteiger partial charge in [0.1, 0.15) is 6.07 Å². The second-order valence-corrected chi connectivity index (χ2v) is 8.51. The lowest BCUT2D eigenvalue weighted by molar-refractivity contribution is 0.102. The first-order chi connectivity index (χ1) is 15.6. The number of rotatable bonds is 5. The van der Waals surface area contributed by atoms with E-state index in [9.17, 15) is 10.1 Å². The lowest BCUT2D eigenvalue weighted by Crippen LogP contribution is -1.98. The molecule has 3 heterocycles. The molecular formula is C26H18N4OS. The Morgan fingerprint density at radius 3 is 2.75 bits per heavy atom. The summed E-state index contributed by atoms with van der Waals surface area (Å²) in [5.41, 5.74) is 5.92. The van der Waals surface area contributed by atoms with Gasteiger partial charge in [-0.25, -0.2) is 0 Å². The van der Waals surface area contributed by atoms with Crippen LogP contribution in [0.3, 0.4) is 0 Å². The summed E-state index contributed by atoms with van der Waals surface area (Å²) in [5.74, 6) is 0.0641. The van der Waals surface area contributed by atoms with E-state index in [1.54, 1.807) is 19.3 Å². The summed E-state index contributed by atoms with van der Waals surface area (Å²) in [7, 11) is 0.